The van der Waals surface area contributed by atoms with Crippen LogP contribution < -0.4 is 4.74 Å². The highest BCUT2D eigenvalue weighted by molar-refractivity contribution is 6.30. The number of fused-ring (bicyclic) bond motifs is 2. The maximum absolute atomic E-state index is 11.3. The molecule has 3 aliphatic heterocycles. The second-order valence-corrected chi connectivity index (χ2v) is 11.4. The Hall–Kier alpha value is -2.70. The van der Waals surface area contributed by atoms with Crippen LogP contribution in [0.15, 0.2) is 78.2 Å². The summed E-state index contributed by atoms with van der Waals surface area (Å²) in [7, 11) is 0. The van der Waals surface area contributed by atoms with Gasteiger partial charge in [0.1, 0.15) is 5.76 Å². The van der Waals surface area contributed by atoms with Gasteiger partial charge in [-0.25, -0.2) is 4.98 Å². The van der Waals surface area contributed by atoms with Crippen molar-refractivity contribution in [3.05, 3.63) is 100.0 Å². The van der Waals surface area contributed by atoms with Crippen LogP contribution >= 0.6 is 11.6 Å². The molecule has 38 heavy (non-hydrogen) atoms. The molecule has 1 unspecified atom stereocenters. The van der Waals surface area contributed by atoms with E-state index in [1.165, 1.54) is 29.6 Å². The van der Waals surface area contributed by atoms with Gasteiger partial charge < -0.3 is 14.7 Å². The first-order valence-electron chi connectivity index (χ1n) is 13.9. The average molecular weight is 530 g/mol. The first-order valence-corrected chi connectivity index (χ1v) is 14.3. The van der Waals surface area contributed by atoms with Gasteiger partial charge in [0.15, 0.2) is 0 Å². The molecule has 0 saturated carbocycles. The lowest BCUT2D eigenvalue weighted by atomic mass is 9.84. The lowest BCUT2D eigenvalue weighted by Gasteiger charge is -2.38. The standard InChI is InChI=1S/C32H36ClN3O2/c1-23-13-16-34-31-30(23)24(22-27-28(36-18-2-3-19-36)7-4-8-29(27)38-31)6-5-17-35-20-14-32(37,15-21-35)25-9-11-26(33)12-10-25/h4,6-13,16,22,28,37H,2-3,5,14-15,17-21H2,1H3. The van der Waals surface area contributed by atoms with Crippen LogP contribution in [0.2, 0.25) is 5.02 Å². The zero-order chi connectivity index (χ0) is 26.1. The number of hydrogen-bond acceptors (Lipinski definition) is 5. The van der Waals surface area contributed by atoms with E-state index in [2.05, 4.69) is 58.2 Å². The molecule has 4 aliphatic rings. The molecule has 6 heteroatoms. The van der Waals surface area contributed by atoms with Crippen LogP contribution in [-0.4, -0.2) is 58.7 Å². The molecule has 4 heterocycles. The van der Waals surface area contributed by atoms with Gasteiger partial charge in [-0.2, -0.15) is 0 Å². The van der Waals surface area contributed by atoms with Gasteiger partial charge in [-0.3, -0.25) is 4.90 Å². The van der Waals surface area contributed by atoms with E-state index < -0.39 is 5.60 Å². The summed E-state index contributed by atoms with van der Waals surface area (Å²) in [6.45, 7) is 7.09. The predicted octanol–water partition coefficient (Wildman–Crippen LogP) is 6.04. The molecule has 1 aromatic carbocycles. The molecule has 6 rings (SSSR count). The van der Waals surface area contributed by atoms with Crippen LogP contribution in [-0.2, 0) is 5.60 Å². The minimum Gasteiger partial charge on any atom is -0.438 e. The van der Waals surface area contributed by atoms with Crippen molar-refractivity contribution in [1.29, 1.82) is 0 Å². The van der Waals surface area contributed by atoms with Crippen molar-refractivity contribution < 1.29 is 9.84 Å². The third kappa shape index (κ3) is 5.13. The number of rotatable bonds is 5. The Bertz CT molecular complexity index is 1300. The molecular formula is C32H36ClN3O2. The largest absolute Gasteiger partial charge is 0.438 e. The normalized spacial score (nSPS) is 24.3. The molecule has 0 spiro atoms. The minimum absolute atomic E-state index is 0.239. The predicted molar refractivity (Wildman–Crippen MR) is 153 cm³/mol. The Morgan fingerprint density at radius 3 is 2.63 bits per heavy atom. The average Bonchev–Trinajstić information content (AvgIpc) is 3.40. The molecule has 0 amide bonds. The van der Waals surface area contributed by atoms with Crippen molar-refractivity contribution >= 4 is 17.2 Å². The Morgan fingerprint density at radius 1 is 1.11 bits per heavy atom. The first-order chi connectivity index (χ1) is 18.5. The second-order valence-electron chi connectivity index (χ2n) is 10.9. The smallest absolute Gasteiger partial charge is 0.227 e. The molecule has 5 nitrogen and oxygen atoms in total. The number of piperidine rings is 1. The van der Waals surface area contributed by atoms with Gasteiger partial charge >= 0.3 is 0 Å². The van der Waals surface area contributed by atoms with Crippen molar-refractivity contribution in [3.8, 4) is 5.88 Å². The number of allylic oxidation sites excluding steroid dienone is 4. The van der Waals surface area contributed by atoms with Crippen molar-refractivity contribution in [2.75, 3.05) is 32.7 Å². The molecule has 2 aromatic rings. The summed E-state index contributed by atoms with van der Waals surface area (Å²) in [5.74, 6) is 1.60. The highest BCUT2D eigenvalue weighted by Gasteiger charge is 2.34. The Kier molecular flexibility index (Phi) is 7.28. The third-order valence-corrected chi connectivity index (χ3v) is 8.74. The summed E-state index contributed by atoms with van der Waals surface area (Å²) in [5, 5.41) is 12.0. The number of benzene rings is 1. The number of aryl methyl sites for hydroxylation is 1. The fourth-order valence-electron chi connectivity index (χ4n) is 6.25. The van der Waals surface area contributed by atoms with E-state index >= 15 is 0 Å². The van der Waals surface area contributed by atoms with Crippen molar-refractivity contribution in [3.63, 3.8) is 0 Å². The summed E-state index contributed by atoms with van der Waals surface area (Å²) < 4.78 is 6.45. The van der Waals surface area contributed by atoms with Gasteiger partial charge in [-0.05, 0) is 99.2 Å². The monoisotopic (exact) mass is 529 g/mol. The van der Waals surface area contributed by atoms with E-state index in [9.17, 15) is 5.11 Å². The summed E-state index contributed by atoms with van der Waals surface area (Å²) in [6.07, 6.45) is 17.9. The van der Waals surface area contributed by atoms with Gasteiger partial charge in [-0.1, -0.05) is 42.0 Å². The molecule has 198 valence electrons. The number of likely N-dealkylation sites (tertiary alicyclic amines) is 2. The molecule has 0 bridgehead atoms. The number of aliphatic hydroxyl groups is 1. The number of halogens is 1. The topological polar surface area (TPSA) is 48.8 Å². The minimum atomic E-state index is -0.772. The fourth-order valence-corrected chi connectivity index (χ4v) is 6.37. The van der Waals surface area contributed by atoms with E-state index in [0.717, 1.165) is 68.9 Å². The van der Waals surface area contributed by atoms with E-state index in [0.29, 0.717) is 10.9 Å². The van der Waals surface area contributed by atoms with E-state index in [1.54, 1.807) is 0 Å². The second kappa shape index (κ2) is 10.8. The van der Waals surface area contributed by atoms with Crippen LogP contribution in [0.4, 0.5) is 0 Å². The molecule has 1 aromatic heterocycles. The lowest BCUT2D eigenvalue weighted by Crippen LogP contribution is -2.42. The summed E-state index contributed by atoms with van der Waals surface area (Å²) in [4.78, 5) is 9.65. The van der Waals surface area contributed by atoms with Crippen molar-refractivity contribution in [2.45, 2.75) is 50.7 Å². The van der Waals surface area contributed by atoms with Crippen molar-refractivity contribution in [1.82, 2.24) is 14.8 Å². The lowest BCUT2D eigenvalue weighted by molar-refractivity contribution is -0.0254. The van der Waals surface area contributed by atoms with Gasteiger partial charge in [-0.15, -0.1) is 0 Å². The molecule has 2 fully saturated rings. The number of pyridine rings is 1. The van der Waals surface area contributed by atoms with E-state index in [1.807, 2.05) is 30.5 Å². The number of nitrogens with zero attached hydrogens (tertiary/aromatic N) is 3. The molecule has 2 saturated heterocycles. The SMILES string of the molecule is Cc1ccnc2c1C(=CCCN1CCC(O)(c3ccc(Cl)cc3)CC1)C=C1C(=CC=CC1N1CCCC1)O2. The maximum atomic E-state index is 11.3. The Morgan fingerprint density at radius 2 is 1.87 bits per heavy atom. The van der Waals surface area contributed by atoms with Gasteiger partial charge in [0, 0.05) is 42.0 Å². The van der Waals surface area contributed by atoms with Crippen LogP contribution in [0.25, 0.3) is 5.57 Å². The first kappa shape index (κ1) is 25.6. The van der Waals surface area contributed by atoms with Crippen LogP contribution in [0, 0.1) is 6.92 Å². The summed E-state index contributed by atoms with van der Waals surface area (Å²) >= 11 is 6.05. The van der Waals surface area contributed by atoms with Crippen LogP contribution in [0.5, 0.6) is 5.88 Å². The van der Waals surface area contributed by atoms with Gasteiger partial charge in [0.05, 0.1) is 11.6 Å². The molecule has 1 atom stereocenters. The quantitative estimate of drug-likeness (QED) is 0.512. The van der Waals surface area contributed by atoms with Gasteiger partial charge in [0.25, 0.3) is 0 Å². The van der Waals surface area contributed by atoms with E-state index in [-0.39, 0.29) is 6.04 Å². The molecular weight excluding hydrogens is 494 g/mol. The van der Waals surface area contributed by atoms with Crippen molar-refractivity contribution in [2.24, 2.45) is 0 Å². The maximum Gasteiger partial charge on any atom is 0.227 e. The summed E-state index contributed by atoms with van der Waals surface area (Å²) in [5.41, 5.74) is 4.88. The zero-order valence-corrected chi connectivity index (χ0v) is 22.8. The highest BCUT2D eigenvalue weighted by Crippen LogP contribution is 2.39. The molecule has 1 N–H and O–H groups in total. The zero-order valence-electron chi connectivity index (χ0n) is 22.1. The van der Waals surface area contributed by atoms with Gasteiger partial charge in [0.2, 0.25) is 5.88 Å². The summed E-state index contributed by atoms with van der Waals surface area (Å²) in [6, 6.07) is 9.94. The highest BCUT2D eigenvalue weighted by atomic mass is 35.5. The van der Waals surface area contributed by atoms with Crippen LogP contribution in [0.1, 0.15) is 48.8 Å². The Balaban J connectivity index is 1.20. The third-order valence-electron chi connectivity index (χ3n) is 8.48. The van der Waals surface area contributed by atoms with E-state index in [4.69, 9.17) is 16.3 Å². The molecule has 0 radical (unpaired) electrons. The number of ether oxygens (including phenoxy) is 1. The number of aromatic nitrogens is 1. The fraction of sp³-hybridized carbons (Fsp3) is 0.406. The van der Waals surface area contributed by atoms with Crippen LogP contribution in [0.3, 0.4) is 0 Å². The Labute approximate surface area is 230 Å². The number of hydrogen-bond donors (Lipinski definition) is 1. The molecule has 1 aliphatic carbocycles.